The first kappa shape index (κ1) is 21.5. The first-order chi connectivity index (χ1) is 13.7. The first-order valence-electron chi connectivity index (χ1n) is 9.25. The molecule has 0 radical (unpaired) electrons. The minimum Gasteiger partial charge on any atom is -0.350 e. The molecule has 1 saturated heterocycles. The van der Waals surface area contributed by atoms with Crippen LogP contribution < -0.4 is 11.0 Å². The fourth-order valence-corrected chi connectivity index (χ4v) is 4.51. The van der Waals surface area contributed by atoms with Gasteiger partial charge < -0.3 is 5.32 Å². The Labute approximate surface area is 174 Å². The van der Waals surface area contributed by atoms with E-state index in [4.69, 9.17) is 11.6 Å². The Hall–Kier alpha value is -2.17. The number of amides is 1. The Morgan fingerprint density at radius 2 is 1.93 bits per heavy atom. The summed E-state index contributed by atoms with van der Waals surface area (Å²) in [5.74, 6) is 0.198. The summed E-state index contributed by atoms with van der Waals surface area (Å²) in [6.07, 6.45) is 2.35. The van der Waals surface area contributed by atoms with Crippen LogP contribution in [0, 0.1) is 0 Å². The number of piperidine rings is 1. The zero-order valence-corrected chi connectivity index (χ0v) is 17.9. The van der Waals surface area contributed by atoms with E-state index < -0.39 is 10.0 Å². The van der Waals surface area contributed by atoms with Crippen molar-refractivity contribution in [2.45, 2.75) is 31.8 Å². The van der Waals surface area contributed by atoms with Crippen LogP contribution in [0.5, 0.6) is 0 Å². The second-order valence-corrected chi connectivity index (χ2v) is 9.55. The lowest BCUT2D eigenvalue weighted by molar-refractivity contribution is -0.122. The molecule has 2 heterocycles. The van der Waals surface area contributed by atoms with Crippen molar-refractivity contribution in [2.75, 3.05) is 19.3 Å². The van der Waals surface area contributed by atoms with Gasteiger partial charge in [-0.2, -0.15) is 5.10 Å². The van der Waals surface area contributed by atoms with Crippen LogP contribution in [0.2, 0.25) is 5.02 Å². The maximum Gasteiger partial charge on any atom is 0.346 e. The highest BCUT2D eigenvalue weighted by Crippen LogP contribution is 2.26. The molecule has 3 rings (SSSR count). The van der Waals surface area contributed by atoms with Crippen LogP contribution in [0.15, 0.2) is 29.1 Å². The van der Waals surface area contributed by atoms with Crippen molar-refractivity contribution in [2.24, 2.45) is 7.05 Å². The van der Waals surface area contributed by atoms with Gasteiger partial charge in [0.2, 0.25) is 15.9 Å². The zero-order valence-electron chi connectivity index (χ0n) is 16.3. The largest absolute Gasteiger partial charge is 0.350 e. The van der Waals surface area contributed by atoms with E-state index >= 15 is 0 Å². The van der Waals surface area contributed by atoms with Gasteiger partial charge in [-0.15, -0.1) is 0 Å². The maximum atomic E-state index is 12.5. The van der Waals surface area contributed by atoms with Gasteiger partial charge in [0.1, 0.15) is 12.4 Å². The van der Waals surface area contributed by atoms with Crippen molar-refractivity contribution in [1.82, 2.24) is 24.0 Å². The number of benzene rings is 1. The van der Waals surface area contributed by atoms with Gasteiger partial charge in [0.15, 0.2) is 0 Å². The molecule has 1 aliphatic heterocycles. The number of hydrogen-bond donors (Lipinski definition) is 1. The highest BCUT2D eigenvalue weighted by Gasteiger charge is 2.29. The zero-order chi connectivity index (χ0) is 21.2. The average Bonchev–Trinajstić information content (AvgIpc) is 2.95. The summed E-state index contributed by atoms with van der Waals surface area (Å²) >= 11 is 6.08. The summed E-state index contributed by atoms with van der Waals surface area (Å²) in [5.41, 5.74) is 0.410. The molecular weight excluding hydrogens is 418 g/mol. The van der Waals surface area contributed by atoms with Crippen LogP contribution in [-0.2, 0) is 35.0 Å². The van der Waals surface area contributed by atoms with E-state index in [1.165, 1.54) is 15.1 Å². The topological polar surface area (TPSA) is 106 Å². The molecule has 1 fully saturated rings. The van der Waals surface area contributed by atoms with Gasteiger partial charge in [0.05, 0.1) is 6.26 Å². The maximum absolute atomic E-state index is 12.5. The smallest absolute Gasteiger partial charge is 0.346 e. The monoisotopic (exact) mass is 441 g/mol. The molecular formula is C18H24ClN5O4S. The normalized spacial score (nSPS) is 16.1. The number of nitrogens with one attached hydrogen (secondary N) is 1. The predicted octanol–water partition coefficient (Wildman–Crippen LogP) is 0.691. The quantitative estimate of drug-likeness (QED) is 0.709. The van der Waals surface area contributed by atoms with E-state index in [0.717, 1.165) is 10.2 Å². The second kappa shape index (κ2) is 8.68. The Bertz CT molecular complexity index is 1050. The van der Waals surface area contributed by atoms with E-state index in [2.05, 4.69) is 10.4 Å². The number of hydrogen-bond acceptors (Lipinski definition) is 5. The van der Waals surface area contributed by atoms with Gasteiger partial charge in [-0.1, -0.05) is 29.8 Å². The SMILES string of the molecule is Cn1c(C2CCN(S(C)(=O)=O)CC2)nn(CC(=O)NCc2ccccc2Cl)c1=O. The molecule has 0 bridgehead atoms. The highest BCUT2D eigenvalue weighted by atomic mass is 35.5. The van der Waals surface area contributed by atoms with E-state index in [1.54, 1.807) is 13.1 Å². The Balaban J connectivity index is 1.64. The van der Waals surface area contributed by atoms with Crippen molar-refractivity contribution < 1.29 is 13.2 Å². The number of aromatic nitrogens is 3. The molecule has 158 valence electrons. The molecule has 0 saturated carbocycles. The molecule has 11 heteroatoms. The summed E-state index contributed by atoms with van der Waals surface area (Å²) in [5, 5.41) is 7.65. The fourth-order valence-electron chi connectivity index (χ4n) is 3.44. The van der Waals surface area contributed by atoms with Crippen LogP contribution in [0.3, 0.4) is 0 Å². The second-order valence-electron chi connectivity index (χ2n) is 7.16. The van der Waals surface area contributed by atoms with Crippen molar-refractivity contribution in [3.8, 4) is 0 Å². The third kappa shape index (κ3) is 5.06. The molecule has 1 aromatic heterocycles. The number of carbonyl (C=O) groups excluding carboxylic acids is 1. The Morgan fingerprint density at radius 3 is 2.55 bits per heavy atom. The first-order valence-corrected chi connectivity index (χ1v) is 11.5. The minimum absolute atomic E-state index is 0.0295. The average molecular weight is 442 g/mol. The summed E-state index contributed by atoms with van der Waals surface area (Å²) in [6, 6.07) is 7.20. The standard InChI is InChI=1S/C18H24ClN5O4S/c1-22-17(13-7-9-23(10-8-13)29(2,27)28)21-24(18(22)26)12-16(25)20-11-14-5-3-4-6-15(14)19/h3-6,13H,7-12H2,1-2H3,(H,20,25). The Morgan fingerprint density at radius 1 is 1.28 bits per heavy atom. The van der Waals surface area contributed by atoms with Gasteiger partial charge in [0, 0.05) is 37.6 Å². The van der Waals surface area contributed by atoms with Crippen LogP contribution in [-0.4, -0.2) is 52.3 Å². The van der Waals surface area contributed by atoms with Crippen LogP contribution in [0.25, 0.3) is 0 Å². The molecule has 1 N–H and O–H groups in total. The third-order valence-corrected chi connectivity index (χ3v) is 6.76. The van der Waals surface area contributed by atoms with Gasteiger partial charge in [-0.3, -0.25) is 9.36 Å². The minimum atomic E-state index is -3.22. The number of halogens is 1. The molecule has 0 spiro atoms. The number of carbonyl (C=O) groups is 1. The van der Waals surface area contributed by atoms with Gasteiger partial charge in [0.25, 0.3) is 0 Å². The van der Waals surface area contributed by atoms with Crippen LogP contribution in [0.4, 0.5) is 0 Å². The van der Waals surface area contributed by atoms with Crippen LogP contribution in [0.1, 0.15) is 30.1 Å². The van der Waals surface area contributed by atoms with Crippen molar-refractivity contribution in [3.63, 3.8) is 0 Å². The van der Waals surface area contributed by atoms with Crippen molar-refractivity contribution in [3.05, 3.63) is 51.2 Å². The van der Waals surface area contributed by atoms with E-state index in [9.17, 15) is 18.0 Å². The van der Waals surface area contributed by atoms with Gasteiger partial charge in [-0.05, 0) is 24.5 Å². The lowest BCUT2D eigenvalue weighted by atomic mass is 9.97. The lowest BCUT2D eigenvalue weighted by Gasteiger charge is -2.29. The molecule has 1 amide bonds. The Kier molecular flexibility index (Phi) is 6.45. The van der Waals surface area contributed by atoms with E-state index in [0.29, 0.717) is 36.8 Å². The highest BCUT2D eigenvalue weighted by molar-refractivity contribution is 7.88. The molecule has 9 nitrogen and oxygen atoms in total. The number of rotatable bonds is 6. The molecule has 0 atom stereocenters. The molecule has 0 aliphatic carbocycles. The fraction of sp³-hybridized carbons (Fsp3) is 0.500. The molecule has 1 aromatic carbocycles. The van der Waals surface area contributed by atoms with Crippen LogP contribution >= 0.6 is 11.6 Å². The van der Waals surface area contributed by atoms with Gasteiger partial charge in [-0.25, -0.2) is 22.2 Å². The molecule has 0 unspecified atom stereocenters. The number of nitrogens with zero attached hydrogens (tertiary/aromatic N) is 4. The lowest BCUT2D eigenvalue weighted by Crippen LogP contribution is -2.37. The van der Waals surface area contributed by atoms with Crippen molar-refractivity contribution in [1.29, 1.82) is 0 Å². The van der Waals surface area contributed by atoms with E-state index in [-0.39, 0.29) is 30.6 Å². The van der Waals surface area contributed by atoms with Crippen molar-refractivity contribution >= 4 is 27.5 Å². The summed E-state index contributed by atoms with van der Waals surface area (Å²) < 4.78 is 27.3. The number of sulfonamides is 1. The molecule has 29 heavy (non-hydrogen) atoms. The summed E-state index contributed by atoms with van der Waals surface area (Å²) in [6.45, 7) is 0.849. The third-order valence-electron chi connectivity index (χ3n) is 5.09. The van der Waals surface area contributed by atoms with Gasteiger partial charge >= 0.3 is 5.69 Å². The molecule has 2 aromatic rings. The molecule has 1 aliphatic rings. The summed E-state index contributed by atoms with van der Waals surface area (Å²) in [4.78, 5) is 24.7. The van der Waals surface area contributed by atoms with E-state index in [1.807, 2.05) is 18.2 Å². The predicted molar refractivity (Wildman–Crippen MR) is 109 cm³/mol. The summed E-state index contributed by atoms with van der Waals surface area (Å²) in [7, 11) is -1.60.